The quantitative estimate of drug-likeness (QED) is 0.739. The Balaban J connectivity index is 2.24. The van der Waals surface area contributed by atoms with E-state index in [9.17, 15) is 0 Å². The average Bonchev–Trinajstić information content (AvgIpc) is 2.61. The molecule has 0 N–H and O–H groups in total. The number of hydrogen-bond acceptors (Lipinski definition) is 2. The van der Waals surface area contributed by atoms with Crippen LogP contribution in [0.2, 0.25) is 5.02 Å². The van der Waals surface area contributed by atoms with Crippen LogP contribution in [0.5, 0.6) is 0 Å². The summed E-state index contributed by atoms with van der Waals surface area (Å²) in [5.41, 5.74) is 4.06. The molecule has 0 aliphatic rings. The fraction of sp³-hybridized carbons (Fsp3) is 0.100. The van der Waals surface area contributed by atoms with Crippen LogP contribution in [0.25, 0.3) is 0 Å². The highest BCUT2D eigenvalue weighted by Gasteiger charge is 2.01. The zero-order valence-electron chi connectivity index (χ0n) is 6.90. The van der Waals surface area contributed by atoms with Gasteiger partial charge >= 0.3 is 0 Å². The van der Waals surface area contributed by atoms with Crippen LogP contribution in [-0.2, 0) is 6.42 Å². The highest BCUT2D eigenvalue weighted by Crippen LogP contribution is 2.18. The van der Waals surface area contributed by atoms with Crippen molar-refractivity contribution < 1.29 is 0 Å². The molecule has 0 fully saturated rings. The molecule has 1 heterocycles. The van der Waals surface area contributed by atoms with Crippen LogP contribution in [0.3, 0.4) is 0 Å². The minimum atomic E-state index is 0.815. The van der Waals surface area contributed by atoms with Crippen molar-refractivity contribution in [2.75, 3.05) is 0 Å². The molecule has 13 heavy (non-hydrogen) atoms. The first-order valence-electron chi connectivity index (χ1n) is 3.97. The van der Waals surface area contributed by atoms with Gasteiger partial charge in [0.1, 0.15) is 0 Å². The number of benzene rings is 1. The third-order valence-corrected chi connectivity index (χ3v) is 2.82. The molecule has 0 spiro atoms. The second-order valence-electron chi connectivity index (χ2n) is 2.75. The van der Waals surface area contributed by atoms with Gasteiger partial charge in [-0.05, 0) is 11.6 Å². The van der Waals surface area contributed by atoms with Gasteiger partial charge < -0.3 is 0 Å². The van der Waals surface area contributed by atoms with Gasteiger partial charge in [0, 0.05) is 16.8 Å². The Morgan fingerprint density at radius 1 is 1.31 bits per heavy atom. The Kier molecular flexibility index (Phi) is 2.62. The van der Waals surface area contributed by atoms with Gasteiger partial charge in [-0.2, -0.15) is 0 Å². The standard InChI is InChI=1S/C10H8ClNS/c11-10-4-2-1-3-8(10)5-9-6-13-7-12-9/h1-4,6-7H,5H2. The van der Waals surface area contributed by atoms with E-state index in [1.54, 1.807) is 11.3 Å². The summed E-state index contributed by atoms with van der Waals surface area (Å²) in [6.45, 7) is 0. The Labute approximate surface area is 86.0 Å². The van der Waals surface area contributed by atoms with E-state index in [0.29, 0.717) is 0 Å². The van der Waals surface area contributed by atoms with E-state index in [0.717, 1.165) is 22.7 Å². The molecule has 0 aliphatic carbocycles. The molecule has 1 aromatic heterocycles. The zero-order chi connectivity index (χ0) is 9.10. The smallest absolute Gasteiger partial charge is 0.0794 e. The molecule has 2 rings (SSSR count). The van der Waals surface area contributed by atoms with Crippen LogP contribution in [-0.4, -0.2) is 4.98 Å². The normalized spacial score (nSPS) is 10.2. The van der Waals surface area contributed by atoms with Gasteiger partial charge in [-0.3, -0.25) is 0 Å². The summed E-state index contributed by atoms with van der Waals surface area (Å²) in [6.07, 6.45) is 0.823. The lowest BCUT2D eigenvalue weighted by molar-refractivity contribution is 1.11. The molecule has 0 saturated carbocycles. The largest absolute Gasteiger partial charge is 0.249 e. The first-order chi connectivity index (χ1) is 6.36. The lowest BCUT2D eigenvalue weighted by Gasteiger charge is -2.00. The molecule has 0 saturated heterocycles. The average molecular weight is 210 g/mol. The summed E-state index contributed by atoms with van der Waals surface area (Å²) in [5.74, 6) is 0. The van der Waals surface area contributed by atoms with Gasteiger partial charge in [0.15, 0.2) is 0 Å². The van der Waals surface area contributed by atoms with Crippen molar-refractivity contribution in [2.45, 2.75) is 6.42 Å². The summed E-state index contributed by atoms with van der Waals surface area (Å²) >= 11 is 7.63. The molecule has 0 atom stereocenters. The minimum absolute atomic E-state index is 0.815. The molecule has 66 valence electrons. The molecule has 0 unspecified atom stereocenters. The fourth-order valence-electron chi connectivity index (χ4n) is 1.16. The van der Waals surface area contributed by atoms with Crippen LogP contribution in [0, 0.1) is 0 Å². The number of nitrogens with zero attached hydrogens (tertiary/aromatic N) is 1. The SMILES string of the molecule is Clc1ccccc1Cc1cscn1. The van der Waals surface area contributed by atoms with Crippen molar-refractivity contribution in [3.63, 3.8) is 0 Å². The molecule has 0 amide bonds. The molecule has 0 aliphatic heterocycles. The predicted octanol–water partition coefficient (Wildman–Crippen LogP) is 3.39. The molecular formula is C10H8ClNS. The van der Waals surface area contributed by atoms with E-state index in [1.165, 1.54) is 0 Å². The van der Waals surface area contributed by atoms with Gasteiger partial charge in [0.2, 0.25) is 0 Å². The van der Waals surface area contributed by atoms with Crippen molar-refractivity contribution in [2.24, 2.45) is 0 Å². The number of rotatable bonds is 2. The van der Waals surface area contributed by atoms with Crippen LogP contribution in [0.4, 0.5) is 0 Å². The number of halogens is 1. The summed E-state index contributed by atoms with van der Waals surface area (Å²) in [6, 6.07) is 7.87. The van der Waals surface area contributed by atoms with E-state index < -0.39 is 0 Å². The molecule has 0 bridgehead atoms. The van der Waals surface area contributed by atoms with Crippen molar-refractivity contribution in [1.82, 2.24) is 4.98 Å². The second kappa shape index (κ2) is 3.90. The van der Waals surface area contributed by atoms with Crippen molar-refractivity contribution in [1.29, 1.82) is 0 Å². The third-order valence-electron chi connectivity index (χ3n) is 1.81. The molecule has 1 nitrogen and oxygen atoms in total. The molecule has 0 radical (unpaired) electrons. The van der Waals surface area contributed by atoms with Gasteiger partial charge in [-0.15, -0.1) is 11.3 Å². The Hall–Kier alpha value is -0.860. The maximum Gasteiger partial charge on any atom is 0.0794 e. The summed E-state index contributed by atoms with van der Waals surface area (Å²) in [7, 11) is 0. The molecule has 1 aromatic carbocycles. The van der Waals surface area contributed by atoms with Crippen LogP contribution < -0.4 is 0 Å². The Morgan fingerprint density at radius 2 is 2.15 bits per heavy atom. The van der Waals surface area contributed by atoms with Gasteiger partial charge in [0.05, 0.1) is 11.2 Å². The predicted molar refractivity (Wildman–Crippen MR) is 56.4 cm³/mol. The van der Waals surface area contributed by atoms with E-state index in [2.05, 4.69) is 4.98 Å². The summed E-state index contributed by atoms with van der Waals surface area (Å²) in [4.78, 5) is 4.21. The van der Waals surface area contributed by atoms with E-state index in [1.807, 2.05) is 35.2 Å². The topological polar surface area (TPSA) is 12.9 Å². The highest BCUT2D eigenvalue weighted by molar-refractivity contribution is 7.07. The van der Waals surface area contributed by atoms with Crippen LogP contribution >= 0.6 is 22.9 Å². The van der Waals surface area contributed by atoms with Gasteiger partial charge in [0.25, 0.3) is 0 Å². The van der Waals surface area contributed by atoms with Crippen molar-refractivity contribution in [3.8, 4) is 0 Å². The number of aromatic nitrogens is 1. The maximum atomic E-state index is 6.02. The second-order valence-corrected chi connectivity index (χ2v) is 3.87. The zero-order valence-corrected chi connectivity index (χ0v) is 8.48. The fourth-order valence-corrected chi connectivity index (χ4v) is 1.92. The lowest BCUT2D eigenvalue weighted by Crippen LogP contribution is -1.88. The van der Waals surface area contributed by atoms with Crippen molar-refractivity contribution in [3.05, 3.63) is 51.4 Å². The number of hydrogen-bond donors (Lipinski definition) is 0. The first-order valence-corrected chi connectivity index (χ1v) is 5.29. The third kappa shape index (κ3) is 2.08. The highest BCUT2D eigenvalue weighted by atomic mass is 35.5. The number of thiazole rings is 1. The summed E-state index contributed by atoms with van der Waals surface area (Å²) in [5, 5.41) is 2.86. The Morgan fingerprint density at radius 3 is 2.85 bits per heavy atom. The van der Waals surface area contributed by atoms with Crippen LogP contribution in [0.15, 0.2) is 35.2 Å². The molecular weight excluding hydrogens is 202 g/mol. The molecule has 3 heteroatoms. The van der Waals surface area contributed by atoms with E-state index >= 15 is 0 Å². The maximum absolute atomic E-state index is 6.02. The van der Waals surface area contributed by atoms with Gasteiger partial charge in [-0.25, -0.2) is 4.98 Å². The monoisotopic (exact) mass is 209 g/mol. The van der Waals surface area contributed by atoms with Crippen LogP contribution in [0.1, 0.15) is 11.3 Å². The van der Waals surface area contributed by atoms with E-state index in [4.69, 9.17) is 11.6 Å². The minimum Gasteiger partial charge on any atom is -0.249 e. The Bertz CT molecular complexity index is 384. The molecule has 2 aromatic rings. The van der Waals surface area contributed by atoms with Gasteiger partial charge in [-0.1, -0.05) is 29.8 Å². The van der Waals surface area contributed by atoms with E-state index in [-0.39, 0.29) is 0 Å². The lowest BCUT2D eigenvalue weighted by atomic mass is 10.1. The summed E-state index contributed by atoms with van der Waals surface area (Å²) < 4.78 is 0. The van der Waals surface area contributed by atoms with Crippen molar-refractivity contribution >= 4 is 22.9 Å². The first kappa shape index (κ1) is 8.73.